The Hall–Kier alpha value is -1.39. The molecule has 1 aromatic rings. The Morgan fingerprint density at radius 1 is 1.29 bits per heavy atom. The number of carbonyl (C=O) groups excluding carboxylic acids is 1. The molecule has 1 fully saturated rings. The zero-order valence-corrected chi connectivity index (χ0v) is 13.5. The third-order valence-electron chi connectivity index (χ3n) is 4.62. The van der Waals surface area contributed by atoms with Crippen LogP contribution >= 0.6 is 0 Å². The smallest absolute Gasteiger partial charge is 0.279 e. The molecule has 0 bridgehead atoms. The van der Waals surface area contributed by atoms with Crippen molar-refractivity contribution in [1.29, 1.82) is 0 Å². The van der Waals surface area contributed by atoms with Crippen molar-refractivity contribution < 1.29 is 14.6 Å². The Balaban J connectivity index is 1.80. The Morgan fingerprint density at radius 2 is 1.90 bits per heavy atom. The van der Waals surface area contributed by atoms with Gasteiger partial charge >= 0.3 is 0 Å². The molecule has 4 heteroatoms. The summed E-state index contributed by atoms with van der Waals surface area (Å²) < 4.78 is 0. The summed E-state index contributed by atoms with van der Waals surface area (Å²) >= 11 is 0. The Labute approximate surface area is 128 Å². The van der Waals surface area contributed by atoms with Crippen molar-refractivity contribution >= 4 is 11.6 Å². The van der Waals surface area contributed by atoms with Crippen LogP contribution in [0.2, 0.25) is 0 Å². The minimum Gasteiger partial charge on any atom is -0.337 e. The van der Waals surface area contributed by atoms with Crippen molar-refractivity contribution in [2.45, 2.75) is 32.2 Å². The molecule has 1 unspecified atom stereocenters. The van der Waals surface area contributed by atoms with Gasteiger partial charge in [-0.1, -0.05) is 19.1 Å². The van der Waals surface area contributed by atoms with Crippen molar-refractivity contribution in [3.8, 4) is 0 Å². The lowest BCUT2D eigenvalue weighted by Gasteiger charge is -2.30. The van der Waals surface area contributed by atoms with Crippen LogP contribution in [0.1, 0.15) is 25.3 Å². The minimum atomic E-state index is 0.114. The number of benzene rings is 1. The predicted molar refractivity (Wildman–Crippen MR) is 85.8 cm³/mol. The SMILES string of the molecule is CCc1ccc(NC(=O)C[NH+](C)C2CC[NH+](C)CC2)cc1. The number of aryl methyl sites for hydroxylation is 1. The zero-order valence-electron chi connectivity index (χ0n) is 13.5. The lowest BCUT2D eigenvalue weighted by Crippen LogP contribution is -3.18. The average Bonchev–Trinajstić information content (AvgIpc) is 2.48. The Morgan fingerprint density at radius 3 is 2.48 bits per heavy atom. The molecule has 4 nitrogen and oxygen atoms in total. The molecule has 21 heavy (non-hydrogen) atoms. The molecule has 3 N–H and O–H groups in total. The number of rotatable bonds is 5. The number of likely N-dealkylation sites (N-methyl/N-ethyl adjacent to an activating group) is 1. The van der Waals surface area contributed by atoms with Crippen LogP contribution in [-0.2, 0) is 11.2 Å². The summed E-state index contributed by atoms with van der Waals surface area (Å²) in [4.78, 5) is 15.1. The van der Waals surface area contributed by atoms with Crippen LogP contribution in [0.15, 0.2) is 24.3 Å². The summed E-state index contributed by atoms with van der Waals surface area (Å²) in [7, 11) is 4.39. The molecule has 0 aromatic heterocycles. The molecular weight excluding hydrogens is 262 g/mol. The molecule has 0 aliphatic carbocycles. The highest BCUT2D eigenvalue weighted by molar-refractivity contribution is 5.91. The minimum absolute atomic E-state index is 0.114. The highest BCUT2D eigenvalue weighted by Crippen LogP contribution is 2.09. The van der Waals surface area contributed by atoms with E-state index in [0.717, 1.165) is 12.1 Å². The summed E-state index contributed by atoms with van der Waals surface area (Å²) in [5.41, 5.74) is 2.20. The van der Waals surface area contributed by atoms with E-state index in [1.165, 1.54) is 36.4 Å². The van der Waals surface area contributed by atoms with E-state index >= 15 is 0 Å². The van der Waals surface area contributed by atoms with Gasteiger partial charge in [0.2, 0.25) is 0 Å². The van der Waals surface area contributed by atoms with Gasteiger partial charge in [-0.25, -0.2) is 0 Å². The Kier molecular flexibility index (Phi) is 5.76. The van der Waals surface area contributed by atoms with Gasteiger partial charge in [0, 0.05) is 18.5 Å². The first-order chi connectivity index (χ1) is 10.1. The monoisotopic (exact) mass is 291 g/mol. The normalized spacial score (nSPS) is 23.6. The highest BCUT2D eigenvalue weighted by Gasteiger charge is 2.27. The molecule has 116 valence electrons. The van der Waals surface area contributed by atoms with Gasteiger partial charge in [-0.3, -0.25) is 4.79 Å². The maximum atomic E-state index is 12.1. The molecule has 0 radical (unpaired) electrons. The maximum absolute atomic E-state index is 12.1. The van der Waals surface area contributed by atoms with Gasteiger partial charge in [0.05, 0.1) is 33.2 Å². The molecule has 2 rings (SSSR count). The van der Waals surface area contributed by atoms with Gasteiger partial charge in [-0.2, -0.15) is 0 Å². The van der Waals surface area contributed by atoms with Crippen LogP contribution < -0.4 is 15.1 Å². The van der Waals surface area contributed by atoms with Gasteiger partial charge in [-0.05, 0) is 24.1 Å². The average molecular weight is 291 g/mol. The molecule has 1 aliphatic rings. The first kappa shape index (κ1) is 16.0. The summed E-state index contributed by atoms with van der Waals surface area (Å²) in [5, 5.41) is 3.01. The van der Waals surface area contributed by atoms with Crippen LogP contribution in [0, 0.1) is 0 Å². The number of anilines is 1. The fourth-order valence-electron chi connectivity index (χ4n) is 3.03. The predicted octanol–water partition coefficient (Wildman–Crippen LogP) is -0.621. The Bertz CT molecular complexity index is 450. The van der Waals surface area contributed by atoms with E-state index in [9.17, 15) is 4.79 Å². The van der Waals surface area contributed by atoms with Crippen LogP contribution in [0.5, 0.6) is 0 Å². The summed E-state index contributed by atoms with van der Waals surface area (Å²) in [5.74, 6) is 0.114. The molecule has 1 aromatic carbocycles. The van der Waals surface area contributed by atoms with Crippen LogP contribution in [-0.4, -0.2) is 45.7 Å². The number of likely N-dealkylation sites (tertiary alicyclic amines) is 1. The quantitative estimate of drug-likeness (QED) is 0.665. The van der Waals surface area contributed by atoms with E-state index in [1.54, 1.807) is 4.90 Å². The number of carbonyl (C=O) groups is 1. The van der Waals surface area contributed by atoms with E-state index in [-0.39, 0.29) is 5.91 Å². The van der Waals surface area contributed by atoms with Crippen molar-refractivity contribution in [2.75, 3.05) is 39.0 Å². The second kappa shape index (κ2) is 7.57. The topological polar surface area (TPSA) is 38.0 Å². The van der Waals surface area contributed by atoms with Crippen LogP contribution in [0.3, 0.4) is 0 Å². The molecule has 1 atom stereocenters. The molecule has 0 saturated carbocycles. The fourth-order valence-corrected chi connectivity index (χ4v) is 3.03. The molecule has 0 spiro atoms. The van der Waals surface area contributed by atoms with Gasteiger partial charge in [0.1, 0.15) is 0 Å². The second-order valence-corrected chi connectivity index (χ2v) is 6.35. The highest BCUT2D eigenvalue weighted by atomic mass is 16.2. The van der Waals surface area contributed by atoms with E-state index < -0.39 is 0 Å². The third-order valence-corrected chi connectivity index (χ3v) is 4.62. The number of piperidine rings is 1. The standard InChI is InChI=1S/C17H27N3O/c1-4-14-5-7-15(8-6-14)18-17(21)13-20(3)16-9-11-19(2)12-10-16/h5-8,16H,4,9-13H2,1-3H3,(H,18,21)/p+2. The van der Waals surface area contributed by atoms with Gasteiger partial charge in [-0.15, -0.1) is 0 Å². The summed E-state index contributed by atoms with van der Waals surface area (Å²) in [6.07, 6.45) is 3.46. The van der Waals surface area contributed by atoms with Crippen molar-refractivity contribution in [1.82, 2.24) is 0 Å². The van der Waals surface area contributed by atoms with E-state index in [1.807, 2.05) is 12.1 Å². The van der Waals surface area contributed by atoms with Crippen molar-refractivity contribution in [3.63, 3.8) is 0 Å². The molecule has 1 amide bonds. The van der Waals surface area contributed by atoms with Gasteiger partial charge < -0.3 is 15.1 Å². The number of nitrogens with one attached hydrogen (secondary N) is 3. The maximum Gasteiger partial charge on any atom is 0.279 e. The summed E-state index contributed by atoms with van der Waals surface area (Å²) in [6, 6.07) is 8.76. The van der Waals surface area contributed by atoms with Crippen LogP contribution in [0.4, 0.5) is 5.69 Å². The van der Waals surface area contributed by atoms with E-state index in [0.29, 0.717) is 12.6 Å². The largest absolute Gasteiger partial charge is 0.337 e. The number of amides is 1. The first-order valence-corrected chi connectivity index (χ1v) is 8.11. The van der Waals surface area contributed by atoms with E-state index in [2.05, 4.69) is 38.5 Å². The van der Waals surface area contributed by atoms with Crippen molar-refractivity contribution in [3.05, 3.63) is 29.8 Å². The van der Waals surface area contributed by atoms with Gasteiger partial charge in [0.25, 0.3) is 5.91 Å². The number of quaternary nitrogens is 2. The zero-order chi connectivity index (χ0) is 15.2. The summed E-state index contributed by atoms with van der Waals surface area (Å²) in [6.45, 7) is 5.14. The number of hydrogen-bond acceptors (Lipinski definition) is 1. The lowest BCUT2D eigenvalue weighted by molar-refractivity contribution is -0.935. The van der Waals surface area contributed by atoms with Crippen LogP contribution in [0.25, 0.3) is 0 Å². The number of hydrogen-bond donors (Lipinski definition) is 3. The fraction of sp³-hybridized carbons (Fsp3) is 0.588. The molecule has 1 aliphatic heterocycles. The van der Waals surface area contributed by atoms with Gasteiger partial charge in [0.15, 0.2) is 6.54 Å². The third kappa shape index (κ3) is 4.83. The second-order valence-electron chi connectivity index (χ2n) is 6.35. The lowest BCUT2D eigenvalue weighted by atomic mass is 10.0. The van der Waals surface area contributed by atoms with E-state index in [4.69, 9.17) is 0 Å². The molecular formula is C17H29N3O+2. The first-order valence-electron chi connectivity index (χ1n) is 8.11. The van der Waals surface area contributed by atoms with Crippen molar-refractivity contribution in [2.24, 2.45) is 0 Å². The molecule has 1 heterocycles. The molecule has 1 saturated heterocycles.